The number of ether oxygens (including phenoxy) is 1. The van der Waals surface area contributed by atoms with Crippen LogP contribution in [0.2, 0.25) is 0 Å². The summed E-state index contributed by atoms with van der Waals surface area (Å²) in [5.74, 6) is -1.78. The Kier molecular flexibility index (Phi) is 4.21. The minimum Gasteiger partial charge on any atom is -0.481 e. The molecule has 5 heteroatoms. The van der Waals surface area contributed by atoms with Gasteiger partial charge in [0.15, 0.2) is 0 Å². The van der Waals surface area contributed by atoms with Gasteiger partial charge in [0.2, 0.25) is 0 Å². The molecule has 1 unspecified atom stereocenters. The molecule has 0 heterocycles. The molecule has 5 nitrogen and oxygen atoms in total. The molecule has 0 aromatic rings. The molecule has 0 aromatic heterocycles. The highest BCUT2D eigenvalue weighted by Crippen LogP contribution is 1.91. The van der Waals surface area contributed by atoms with E-state index < -0.39 is 24.4 Å². The van der Waals surface area contributed by atoms with Crippen LogP contribution >= 0.6 is 0 Å². The second kappa shape index (κ2) is 4.68. The van der Waals surface area contributed by atoms with E-state index in [1.807, 2.05) is 0 Å². The van der Waals surface area contributed by atoms with Gasteiger partial charge in [0, 0.05) is 0 Å². The summed E-state index contributed by atoms with van der Waals surface area (Å²) in [6, 6.07) is -1.05. The van der Waals surface area contributed by atoms with Crippen LogP contribution in [0.25, 0.3) is 0 Å². The predicted molar refractivity (Wildman–Crippen MR) is 36.9 cm³/mol. The normalized spacial score (nSPS) is 12.2. The number of carboxylic acids is 1. The van der Waals surface area contributed by atoms with Crippen LogP contribution in [0.5, 0.6) is 0 Å². The molecule has 0 bridgehead atoms. The maximum Gasteiger partial charge on any atom is 0.323 e. The van der Waals surface area contributed by atoms with Crippen molar-refractivity contribution in [2.24, 2.45) is 5.73 Å². The Balaban J connectivity index is 3.73. The van der Waals surface area contributed by atoms with Crippen LogP contribution in [-0.2, 0) is 14.3 Å². The summed E-state index contributed by atoms with van der Waals surface area (Å²) in [4.78, 5) is 20.7. The zero-order chi connectivity index (χ0) is 8.85. The van der Waals surface area contributed by atoms with Gasteiger partial charge >= 0.3 is 11.9 Å². The van der Waals surface area contributed by atoms with Crippen molar-refractivity contribution in [2.45, 2.75) is 19.4 Å². The number of rotatable bonds is 4. The maximum atomic E-state index is 10.7. The van der Waals surface area contributed by atoms with Gasteiger partial charge in [0.25, 0.3) is 0 Å². The summed E-state index contributed by atoms with van der Waals surface area (Å²) in [6.07, 6.45) is -0.390. The number of carboxylic acid groups (broad SMARTS) is 1. The lowest BCUT2D eigenvalue weighted by molar-refractivity contribution is -0.149. The molecule has 0 rings (SSSR count). The number of hydrogen-bond donors (Lipinski definition) is 2. The molecular formula is C6H11NO4. The van der Waals surface area contributed by atoms with Crippen molar-refractivity contribution in [2.75, 3.05) is 6.61 Å². The first-order chi connectivity index (χ1) is 5.07. The van der Waals surface area contributed by atoms with Crippen LogP contribution in [0.3, 0.4) is 0 Å². The van der Waals surface area contributed by atoms with Crippen molar-refractivity contribution in [1.29, 1.82) is 0 Å². The maximum absolute atomic E-state index is 10.7. The number of aliphatic carboxylic acids is 1. The topological polar surface area (TPSA) is 89.6 Å². The van der Waals surface area contributed by atoms with Gasteiger partial charge in [-0.2, -0.15) is 0 Å². The highest BCUT2D eigenvalue weighted by atomic mass is 16.5. The van der Waals surface area contributed by atoms with E-state index in [1.54, 1.807) is 6.92 Å². The van der Waals surface area contributed by atoms with Gasteiger partial charge in [-0.25, -0.2) is 0 Å². The lowest BCUT2D eigenvalue weighted by Crippen LogP contribution is -2.34. The van der Waals surface area contributed by atoms with E-state index in [4.69, 9.17) is 10.8 Å². The largest absolute Gasteiger partial charge is 0.481 e. The number of nitrogens with two attached hydrogens (primary N) is 1. The zero-order valence-electron chi connectivity index (χ0n) is 6.24. The van der Waals surface area contributed by atoms with Gasteiger partial charge in [-0.1, -0.05) is 0 Å². The first-order valence-corrected chi connectivity index (χ1v) is 3.22. The summed E-state index contributed by atoms with van der Waals surface area (Å²) >= 11 is 0. The standard InChI is InChI=1S/C6H11NO4/c1-2-11-6(10)4(7)3-5(8)9/h4H,2-3,7H2,1H3,(H,8,9). The van der Waals surface area contributed by atoms with Gasteiger partial charge in [-0.15, -0.1) is 0 Å². The quantitative estimate of drug-likeness (QED) is 0.535. The Morgan fingerprint density at radius 1 is 1.64 bits per heavy atom. The molecule has 1 atom stereocenters. The van der Waals surface area contributed by atoms with E-state index in [9.17, 15) is 9.59 Å². The third-order valence-corrected chi connectivity index (χ3v) is 0.984. The molecule has 64 valence electrons. The molecule has 0 aliphatic rings. The van der Waals surface area contributed by atoms with Crippen LogP contribution < -0.4 is 5.73 Å². The van der Waals surface area contributed by atoms with Crippen LogP contribution in [0, 0.1) is 0 Å². The number of hydrogen-bond acceptors (Lipinski definition) is 4. The second-order valence-corrected chi connectivity index (χ2v) is 1.96. The summed E-state index contributed by atoms with van der Waals surface area (Å²) in [5.41, 5.74) is 5.15. The fourth-order valence-corrected chi connectivity index (χ4v) is 0.521. The van der Waals surface area contributed by atoms with E-state index in [0.29, 0.717) is 0 Å². The summed E-state index contributed by atoms with van der Waals surface area (Å²) < 4.78 is 4.48. The van der Waals surface area contributed by atoms with Crippen molar-refractivity contribution < 1.29 is 19.4 Å². The smallest absolute Gasteiger partial charge is 0.323 e. The lowest BCUT2D eigenvalue weighted by Gasteiger charge is -2.06. The number of carbonyl (C=O) groups is 2. The number of esters is 1. The summed E-state index contributed by atoms with van der Waals surface area (Å²) in [6.45, 7) is 1.84. The molecule has 0 spiro atoms. The SMILES string of the molecule is CCOC(=O)C(N)CC(=O)O. The van der Waals surface area contributed by atoms with Gasteiger partial charge in [0.05, 0.1) is 13.0 Å². The monoisotopic (exact) mass is 161 g/mol. The summed E-state index contributed by atoms with van der Waals surface area (Å²) in [5, 5.41) is 8.21. The molecule has 0 aromatic carbocycles. The first-order valence-electron chi connectivity index (χ1n) is 3.22. The molecule has 11 heavy (non-hydrogen) atoms. The molecule has 0 fully saturated rings. The Bertz CT molecular complexity index is 157. The predicted octanol–water partition coefficient (Wildman–Crippen LogP) is -0.648. The highest BCUT2D eigenvalue weighted by molar-refractivity contribution is 5.81. The van der Waals surface area contributed by atoms with E-state index in [2.05, 4.69) is 4.74 Å². The second-order valence-electron chi connectivity index (χ2n) is 1.96. The molecule has 0 amide bonds. The fraction of sp³-hybridized carbons (Fsp3) is 0.667. The zero-order valence-corrected chi connectivity index (χ0v) is 6.24. The van der Waals surface area contributed by atoms with Crippen molar-refractivity contribution >= 4 is 11.9 Å². The molecular weight excluding hydrogens is 150 g/mol. The van der Waals surface area contributed by atoms with Crippen molar-refractivity contribution in [3.8, 4) is 0 Å². The third kappa shape index (κ3) is 4.32. The Morgan fingerprint density at radius 3 is 2.55 bits per heavy atom. The van der Waals surface area contributed by atoms with Crippen LogP contribution in [0.15, 0.2) is 0 Å². The Morgan fingerprint density at radius 2 is 2.18 bits per heavy atom. The first kappa shape index (κ1) is 9.90. The van der Waals surface area contributed by atoms with Gasteiger partial charge < -0.3 is 15.6 Å². The summed E-state index contributed by atoms with van der Waals surface area (Å²) in [7, 11) is 0. The average Bonchev–Trinajstić information content (AvgIpc) is 1.86. The van der Waals surface area contributed by atoms with E-state index in [1.165, 1.54) is 0 Å². The van der Waals surface area contributed by atoms with Gasteiger partial charge in [-0.3, -0.25) is 9.59 Å². The lowest BCUT2D eigenvalue weighted by atomic mass is 10.2. The van der Waals surface area contributed by atoms with Gasteiger partial charge in [-0.05, 0) is 6.92 Å². The van der Waals surface area contributed by atoms with Crippen LogP contribution in [0.4, 0.5) is 0 Å². The van der Waals surface area contributed by atoms with Crippen molar-refractivity contribution in [3.05, 3.63) is 0 Å². The minimum atomic E-state index is -1.11. The minimum absolute atomic E-state index is 0.214. The average molecular weight is 161 g/mol. The number of carbonyl (C=O) groups excluding carboxylic acids is 1. The van der Waals surface area contributed by atoms with Crippen LogP contribution in [-0.4, -0.2) is 29.7 Å². The highest BCUT2D eigenvalue weighted by Gasteiger charge is 2.17. The van der Waals surface area contributed by atoms with Crippen molar-refractivity contribution in [3.63, 3.8) is 0 Å². The molecule has 0 saturated carbocycles. The van der Waals surface area contributed by atoms with E-state index in [0.717, 1.165) is 0 Å². The van der Waals surface area contributed by atoms with E-state index in [-0.39, 0.29) is 6.61 Å². The van der Waals surface area contributed by atoms with Crippen LogP contribution in [0.1, 0.15) is 13.3 Å². The molecule has 0 radical (unpaired) electrons. The molecule has 0 aliphatic heterocycles. The molecule has 0 aliphatic carbocycles. The Labute approximate surface area is 64.1 Å². The Hall–Kier alpha value is -1.10. The molecule has 0 saturated heterocycles. The molecule has 3 N–H and O–H groups in total. The van der Waals surface area contributed by atoms with E-state index >= 15 is 0 Å². The fourth-order valence-electron chi connectivity index (χ4n) is 0.521. The van der Waals surface area contributed by atoms with Crippen molar-refractivity contribution in [1.82, 2.24) is 0 Å². The van der Waals surface area contributed by atoms with Gasteiger partial charge in [0.1, 0.15) is 6.04 Å². The third-order valence-electron chi connectivity index (χ3n) is 0.984.